The number of fused-ring (bicyclic) bond motifs is 2. The van der Waals surface area contributed by atoms with Gasteiger partial charge in [-0.25, -0.2) is 13.4 Å². The second kappa shape index (κ2) is 10.2. The first-order valence-corrected chi connectivity index (χ1v) is 13.0. The van der Waals surface area contributed by atoms with Crippen LogP contribution in [0.25, 0.3) is 21.8 Å². The number of hydrogen-bond donors (Lipinski definition) is 3. The summed E-state index contributed by atoms with van der Waals surface area (Å²) in [7, 11) is -1.93. The zero-order chi connectivity index (χ0) is 25.0. The van der Waals surface area contributed by atoms with E-state index in [-0.39, 0.29) is 5.75 Å². The number of unbranched alkanes of at least 4 members (excludes halogenated alkanes) is 2. The standard InChI is InChI=1S/C26H28N4O4S/c1-3-4-7-15-35(32,33)30-17-13-14-22(23(16-17)34-2)29-24-18-9-5-6-12-21(18)28-25-19(24)10-8-11-20(25)26(27)31/h5-6,8-14,16,30H,3-4,7,15H2,1-2H3,(H2,27,31)(H,28,29). The maximum Gasteiger partial charge on any atom is 0.250 e. The largest absolute Gasteiger partial charge is 0.494 e. The van der Waals surface area contributed by atoms with Crippen molar-refractivity contribution in [2.75, 3.05) is 22.9 Å². The molecule has 3 aromatic carbocycles. The number of benzene rings is 3. The number of sulfonamides is 1. The molecule has 0 saturated carbocycles. The predicted molar refractivity (Wildman–Crippen MR) is 141 cm³/mol. The fraction of sp³-hybridized carbons (Fsp3) is 0.231. The maximum absolute atomic E-state index is 12.4. The molecule has 0 unspecified atom stereocenters. The highest BCUT2D eigenvalue weighted by molar-refractivity contribution is 7.92. The molecule has 0 atom stereocenters. The van der Waals surface area contributed by atoms with E-state index in [2.05, 4.69) is 15.0 Å². The smallest absolute Gasteiger partial charge is 0.250 e. The van der Waals surface area contributed by atoms with E-state index in [9.17, 15) is 13.2 Å². The molecule has 0 bridgehead atoms. The van der Waals surface area contributed by atoms with Crippen molar-refractivity contribution >= 4 is 54.8 Å². The number of anilines is 3. The van der Waals surface area contributed by atoms with Gasteiger partial charge in [-0.3, -0.25) is 9.52 Å². The predicted octanol–water partition coefficient (Wildman–Crippen LogP) is 5.17. The summed E-state index contributed by atoms with van der Waals surface area (Å²) in [6.07, 6.45) is 2.42. The van der Waals surface area contributed by atoms with Gasteiger partial charge in [0.1, 0.15) is 5.75 Å². The number of nitrogens with zero attached hydrogens (tertiary/aromatic N) is 1. The summed E-state index contributed by atoms with van der Waals surface area (Å²) in [4.78, 5) is 16.7. The van der Waals surface area contributed by atoms with Gasteiger partial charge in [-0.05, 0) is 30.7 Å². The summed E-state index contributed by atoms with van der Waals surface area (Å²) in [6.45, 7) is 2.03. The van der Waals surface area contributed by atoms with Crippen LogP contribution in [0.4, 0.5) is 17.1 Å². The van der Waals surface area contributed by atoms with Crippen molar-refractivity contribution in [3.05, 3.63) is 66.2 Å². The number of rotatable bonds is 10. The van der Waals surface area contributed by atoms with Gasteiger partial charge in [0.15, 0.2) is 0 Å². The molecule has 9 heteroatoms. The van der Waals surface area contributed by atoms with Crippen molar-refractivity contribution in [1.82, 2.24) is 4.98 Å². The molecule has 35 heavy (non-hydrogen) atoms. The number of ether oxygens (including phenoxy) is 1. The highest BCUT2D eigenvalue weighted by Crippen LogP contribution is 2.37. The molecule has 4 aromatic rings. The number of carbonyl (C=O) groups excluding carboxylic acids is 1. The van der Waals surface area contributed by atoms with Crippen molar-refractivity contribution < 1.29 is 17.9 Å². The molecule has 4 rings (SSSR count). The maximum atomic E-state index is 12.4. The first kappa shape index (κ1) is 24.3. The number of para-hydroxylation sites is 2. The minimum atomic E-state index is -3.45. The second-order valence-electron chi connectivity index (χ2n) is 8.24. The Morgan fingerprint density at radius 3 is 2.54 bits per heavy atom. The third-order valence-corrected chi connectivity index (χ3v) is 7.10. The zero-order valence-electron chi connectivity index (χ0n) is 19.7. The van der Waals surface area contributed by atoms with Crippen LogP contribution < -0.4 is 20.5 Å². The Balaban J connectivity index is 1.75. The van der Waals surface area contributed by atoms with Crippen LogP contribution in [0.15, 0.2) is 60.7 Å². The van der Waals surface area contributed by atoms with E-state index in [4.69, 9.17) is 10.5 Å². The third kappa shape index (κ3) is 5.30. The van der Waals surface area contributed by atoms with Crippen LogP contribution >= 0.6 is 0 Å². The Kier molecular flexibility index (Phi) is 7.07. The van der Waals surface area contributed by atoms with E-state index in [0.717, 1.165) is 29.3 Å². The fourth-order valence-electron chi connectivity index (χ4n) is 4.01. The summed E-state index contributed by atoms with van der Waals surface area (Å²) in [5, 5.41) is 4.99. The number of pyridine rings is 1. The molecule has 8 nitrogen and oxygen atoms in total. The lowest BCUT2D eigenvalue weighted by Gasteiger charge is -2.17. The number of methoxy groups -OCH3 is 1. The fourth-order valence-corrected chi connectivity index (χ4v) is 5.18. The number of primary amides is 1. The van der Waals surface area contributed by atoms with E-state index < -0.39 is 15.9 Å². The van der Waals surface area contributed by atoms with Gasteiger partial charge in [0, 0.05) is 16.8 Å². The lowest BCUT2D eigenvalue weighted by molar-refractivity contribution is 0.100. The molecule has 1 aromatic heterocycles. The molecule has 0 spiro atoms. The van der Waals surface area contributed by atoms with Crippen LogP contribution in [-0.2, 0) is 10.0 Å². The number of hydrogen-bond acceptors (Lipinski definition) is 6. The van der Waals surface area contributed by atoms with Crippen molar-refractivity contribution in [3.63, 3.8) is 0 Å². The number of amides is 1. The van der Waals surface area contributed by atoms with Crippen molar-refractivity contribution in [1.29, 1.82) is 0 Å². The Labute approximate surface area is 204 Å². The van der Waals surface area contributed by atoms with E-state index >= 15 is 0 Å². The first-order chi connectivity index (χ1) is 16.8. The second-order valence-corrected chi connectivity index (χ2v) is 10.1. The molecule has 182 valence electrons. The molecular formula is C26H28N4O4S. The van der Waals surface area contributed by atoms with Crippen LogP contribution in [-0.4, -0.2) is 32.2 Å². The number of carbonyl (C=O) groups is 1. The molecule has 0 aliphatic carbocycles. The quantitative estimate of drug-likeness (QED) is 0.207. The van der Waals surface area contributed by atoms with E-state index in [1.807, 2.05) is 37.3 Å². The molecule has 0 fully saturated rings. The van der Waals surface area contributed by atoms with E-state index in [0.29, 0.717) is 40.1 Å². The molecule has 0 aliphatic heterocycles. The van der Waals surface area contributed by atoms with Crippen LogP contribution in [0, 0.1) is 0 Å². The minimum Gasteiger partial charge on any atom is -0.494 e. The van der Waals surface area contributed by atoms with Crippen LogP contribution in [0.5, 0.6) is 5.75 Å². The molecule has 1 heterocycles. The lowest BCUT2D eigenvalue weighted by atomic mass is 10.0. The highest BCUT2D eigenvalue weighted by Gasteiger charge is 2.17. The van der Waals surface area contributed by atoms with Crippen LogP contribution in [0.3, 0.4) is 0 Å². The average molecular weight is 493 g/mol. The lowest BCUT2D eigenvalue weighted by Crippen LogP contribution is -2.16. The first-order valence-electron chi connectivity index (χ1n) is 11.4. The Morgan fingerprint density at radius 1 is 1.03 bits per heavy atom. The normalized spacial score (nSPS) is 11.5. The zero-order valence-corrected chi connectivity index (χ0v) is 20.5. The molecule has 4 N–H and O–H groups in total. The SMILES string of the molecule is CCCCCS(=O)(=O)Nc1ccc(Nc2c3ccccc3nc3c(C(N)=O)cccc23)c(OC)c1. The minimum absolute atomic E-state index is 0.0698. The van der Waals surface area contributed by atoms with Crippen molar-refractivity contribution in [2.45, 2.75) is 26.2 Å². The highest BCUT2D eigenvalue weighted by atomic mass is 32.2. The molecule has 1 amide bonds. The van der Waals surface area contributed by atoms with Gasteiger partial charge in [-0.2, -0.15) is 0 Å². The third-order valence-electron chi connectivity index (χ3n) is 5.73. The monoisotopic (exact) mass is 492 g/mol. The van der Waals surface area contributed by atoms with Gasteiger partial charge in [-0.1, -0.05) is 50.1 Å². The number of nitrogens with two attached hydrogens (primary N) is 1. The van der Waals surface area contributed by atoms with Gasteiger partial charge >= 0.3 is 0 Å². The molecule has 0 saturated heterocycles. The molecule has 0 radical (unpaired) electrons. The summed E-state index contributed by atoms with van der Waals surface area (Å²) in [5.41, 5.74) is 8.91. The van der Waals surface area contributed by atoms with E-state index in [1.165, 1.54) is 7.11 Å². The van der Waals surface area contributed by atoms with Crippen LogP contribution in [0.1, 0.15) is 36.5 Å². The molecular weight excluding hydrogens is 464 g/mol. The number of aromatic nitrogens is 1. The summed E-state index contributed by atoms with van der Waals surface area (Å²) in [6, 6.07) is 17.9. The van der Waals surface area contributed by atoms with E-state index in [1.54, 1.807) is 30.3 Å². The van der Waals surface area contributed by atoms with Gasteiger partial charge in [-0.15, -0.1) is 0 Å². The van der Waals surface area contributed by atoms with Gasteiger partial charge in [0.25, 0.3) is 5.91 Å². The van der Waals surface area contributed by atoms with Crippen molar-refractivity contribution in [3.8, 4) is 5.75 Å². The van der Waals surface area contributed by atoms with Gasteiger partial charge in [0.05, 0.1) is 46.5 Å². The van der Waals surface area contributed by atoms with Gasteiger partial charge in [0.2, 0.25) is 10.0 Å². The van der Waals surface area contributed by atoms with Crippen LogP contribution in [0.2, 0.25) is 0 Å². The topological polar surface area (TPSA) is 123 Å². The van der Waals surface area contributed by atoms with Gasteiger partial charge < -0.3 is 15.8 Å². The Bertz CT molecular complexity index is 1500. The summed E-state index contributed by atoms with van der Waals surface area (Å²) >= 11 is 0. The summed E-state index contributed by atoms with van der Waals surface area (Å²) in [5.74, 6) is -0.0308. The Morgan fingerprint density at radius 2 is 1.80 bits per heavy atom. The molecule has 0 aliphatic rings. The van der Waals surface area contributed by atoms with Crippen molar-refractivity contribution in [2.24, 2.45) is 5.73 Å². The Hall–Kier alpha value is -3.85. The summed E-state index contributed by atoms with van der Waals surface area (Å²) < 4.78 is 33.0. The average Bonchev–Trinajstić information content (AvgIpc) is 2.84. The number of nitrogens with one attached hydrogen (secondary N) is 2.